The van der Waals surface area contributed by atoms with Crippen LogP contribution in [0.15, 0.2) is 36.5 Å². The Balaban J connectivity index is 1.89. The van der Waals surface area contributed by atoms with Gasteiger partial charge in [0.2, 0.25) is 0 Å². The first-order valence-corrected chi connectivity index (χ1v) is 12.7. The first-order valence-electron chi connectivity index (χ1n) is 12.7. The molecular formula is C29H41N5O3. The summed E-state index contributed by atoms with van der Waals surface area (Å²) in [5.74, 6) is 0.994. The Labute approximate surface area is 221 Å². The summed E-state index contributed by atoms with van der Waals surface area (Å²) in [6, 6.07) is 10.1. The number of nitrogens with one attached hydrogen (secondary N) is 3. The van der Waals surface area contributed by atoms with E-state index in [0.717, 1.165) is 35.5 Å². The summed E-state index contributed by atoms with van der Waals surface area (Å²) in [4.78, 5) is 17.9. The first kappa shape index (κ1) is 28.1. The van der Waals surface area contributed by atoms with Gasteiger partial charge in [-0.2, -0.15) is 0 Å². The van der Waals surface area contributed by atoms with Crippen molar-refractivity contribution in [3.63, 3.8) is 0 Å². The number of hydrogen-bond acceptors (Lipinski definition) is 7. The van der Waals surface area contributed by atoms with Crippen LogP contribution < -0.4 is 25.0 Å². The van der Waals surface area contributed by atoms with Gasteiger partial charge in [-0.15, -0.1) is 0 Å². The topological polar surface area (TPSA) is 89.9 Å². The number of methoxy groups -OCH3 is 1. The molecule has 1 amide bonds. The second kappa shape index (κ2) is 12.1. The van der Waals surface area contributed by atoms with Crippen molar-refractivity contribution in [1.29, 1.82) is 5.41 Å². The fourth-order valence-electron chi connectivity index (χ4n) is 4.35. The van der Waals surface area contributed by atoms with E-state index in [-0.39, 0.29) is 18.1 Å². The molecule has 1 aliphatic heterocycles. The fourth-order valence-corrected chi connectivity index (χ4v) is 4.35. The molecule has 8 heteroatoms. The van der Waals surface area contributed by atoms with E-state index in [4.69, 9.17) is 14.9 Å². The lowest BCUT2D eigenvalue weighted by Crippen LogP contribution is -2.57. The van der Waals surface area contributed by atoms with Crippen LogP contribution in [0, 0.1) is 12.3 Å². The van der Waals surface area contributed by atoms with Crippen molar-refractivity contribution in [2.45, 2.75) is 45.9 Å². The maximum Gasteiger partial charge on any atom is 0.252 e. The van der Waals surface area contributed by atoms with Crippen molar-refractivity contribution in [2.75, 3.05) is 46.2 Å². The SMILES string of the molecule is CN/C=C(\C=N)c1cc([C@@H](C)NC(=O)c2cc(N3CC(N(C)C)C3)ccc2C)cc(OC)c1OC(C)C. The van der Waals surface area contributed by atoms with Crippen LogP contribution in [0.3, 0.4) is 0 Å². The molecule has 1 heterocycles. The molecule has 0 spiro atoms. The van der Waals surface area contributed by atoms with Gasteiger partial charge in [0.25, 0.3) is 5.91 Å². The molecule has 3 N–H and O–H groups in total. The maximum absolute atomic E-state index is 13.4. The first-order chi connectivity index (χ1) is 17.6. The molecule has 1 saturated heterocycles. The van der Waals surface area contributed by atoms with E-state index in [2.05, 4.69) is 40.6 Å². The smallest absolute Gasteiger partial charge is 0.252 e. The highest BCUT2D eigenvalue weighted by atomic mass is 16.5. The Morgan fingerprint density at radius 3 is 2.43 bits per heavy atom. The maximum atomic E-state index is 13.4. The number of benzene rings is 2. The minimum absolute atomic E-state index is 0.0770. The summed E-state index contributed by atoms with van der Waals surface area (Å²) < 4.78 is 11.8. The molecule has 3 rings (SSSR count). The number of hydrogen-bond donors (Lipinski definition) is 3. The van der Waals surface area contributed by atoms with Crippen molar-refractivity contribution in [3.05, 3.63) is 58.8 Å². The lowest BCUT2D eigenvalue weighted by molar-refractivity contribution is 0.0939. The molecule has 0 saturated carbocycles. The molecule has 1 atom stereocenters. The third-order valence-corrected chi connectivity index (χ3v) is 6.69. The third kappa shape index (κ3) is 6.43. The molecule has 0 unspecified atom stereocenters. The minimum Gasteiger partial charge on any atom is -0.493 e. The number of carbonyl (C=O) groups excluding carboxylic acids is 1. The van der Waals surface area contributed by atoms with Crippen LogP contribution in [0.5, 0.6) is 11.5 Å². The summed E-state index contributed by atoms with van der Waals surface area (Å²) in [6.07, 6.45) is 2.94. The highest BCUT2D eigenvalue weighted by Gasteiger charge is 2.29. The van der Waals surface area contributed by atoms with Crippen LogP contribution >= 0.6 is 0 Å². The lowest BCUT2D eigenvalue weighted by atomic mass is 9.98. The van der Waals surface area contributed by atoms with Crippen LogP contribution in [0.4, 0.5) is 5.69 Å². The van der Waals surface area contributed by atoms with E-state index in [9.17, 15) is 4.79 Å². The van der Waals surface area contributed by atoms with Crippen molar-refractivity contribution in [3.8, 4) is 11.5 Å². The van der Waals surface area contributed by atoms with Gasteiger partial charge in [-0.25, -0.2) is 0 Å². The molecule has 8 nitrogen and oxygen atoms in total. The molecule has 2 aromatic rings. The summed E-state index contributed by atoms with van der Waals surface area (Å²) >= 11 is 0. The van der Waals surface area contributed by atoms with E-state index in [0.29, 0.717) is 28.7 Å². The average Bonchev–Trinajstić information content (AvgIpc) is 2.82. The summed E-state index contributed by atoms with van der Waals surface area (Å²) in [5, 5.41) is 14.1. The van der Waals surface area contributed by atoms with Gasteiger partial charge in [-0.1, -0.05) is 6.07 Å². The highest BCUT2D eigenvalue weighted by Crippen LogP contribution is 2.39. The number of likely N-dealkylation sites (N-methyl/N-ethyl adjacent to an activating group) is 1. The van der Waals surface area contributed by atoms with Gasteiger partial charge in [0, 0.05) is 61.0 Å². The number of aryl methyl sites for hydroxylation is 1. The molecular weight excluding hydrogens is 466 g/mol. The van der Waals surface area contributed by atoms with Crippen molar-refractivity contribution >= 4 is 23.4 Å². The predicted octanol–water partition coefficient (Wildman–Crippen LogP) is 4.24. The number of allylic oxidation sites excluding steroid dienone is 1. The Bertz CT molecular complexity index is 1150. The summed E-state index contributed by atoms with van der Waals surface area (Å²) in [5.41, 5.74) is 4.88. The number of rotatable bonds is 11. The molecule has 0 aromatic heterocycles. The number of ether oxygens (including phenoxy) is 2. The molecule has 37 heavy (non-hydrogen) atoms. The molecule has 1 aliphatic rings. The summed E-state index contributed by atoms with van der Waals surface area (Å²) in [7, 11) is 7.57. The molecule has 1 fully saturated rings. The third-order valence-electron chi connectivity index (χ3n) is 6.69. The predicted molar refractivity (Wildman–Crippen MR) is 151 cm³/mol. The zero-order valence-corrected chi connectivity index (χ0v) is 23.3. The van der Waals surface area contributed by atoms with E-state index >= 15 is 0 Å². The summed E-state index contributed by atoms with van der Waals surface area (Å²) in [6.45, 7) is 9.71. The zero-order valence-electron chi connectivity index (χ0n) is 23.3. The largest absolute Gasteiger partial charge is 0.493 e. The van der Waals surface area contributed by atoms with Crippen molar-refractivity contribution < 1.29 is 14.3 Å². The van der Waals surface area contributed by atoms with Gasteiger partial charge in [0.15, 0.2) is 11.5 Å². The highest BCUT2D eigenvalue weighted by molar-refractivity contribution is 6.09. The molecule has 0 bridgehead atoms. The van der Waals surface area contributed by atoms with E-state index in [1.807, 2.05) is 52.0 Å². The Morgan fingerprint density at radius 1 is 1.16 bits per heavy atom. The van der Waals surface area contributed by atoms with Crippen molar-refractivity contribution in [1.82, 2.24) is 15.5 Å². The fraction of sp³-hybridized carbons (Fsp3) is 0.448. The average molecular weight is 508 g/mol. The Kier molecular flexibility index (Phi) is 9.21. The standard InChI is InChI=1S/C29H41N5O3/c1-18(2)37-28-26(22(14-30)15-31-5)11-21(12-27(28)36-8)20(4)32-29(35)25-13-23(10-9-19(25)3)34-16-24(17-34)33(6)7/h9-15,18,20,24,30-31H,16-17H2,1-8H3,(H,32,35)/b22-15+,30-14?/t20-/m1/s1. The van der Waals surface area contributed by atoms with E-state index in [1.165, 1.54) is 6.21 Å². The van der Waals surface area contributed by atoms with Gasteiger partial charge in [-0.3, -0.25) is 4.79 Å². The number of carbonyl (C=O) groups is 1. The Morgan fingerprint density at radius 2 is 1.86 bits per heavy atom. The van der Waals surface area contributed by atoms with Crippen LogP contribution in [0.25, 0.3) is 5.57 Å². The monoisotopic (exact) mass is 507 g/mol. The number of amides is 1. The Hall–Kier alpha value is -3.52. The van der Waals surface area contributed by atoms with E-state index in [1.54, 1.807) is 20.4 Å². The van der Waals surface area contributed by atoms with Gasteiger partial charge in [-0.05, 0) is 77.2 Å². The van der Waals surface area contributed by atoms with Crippen LogP contribution in [-0.2, 0) is 0 Å². The molecule has 2 aromatic carbocycles. The second-order valence-corrected chi connectivity index (χ2v) is 10.0. The molecule has 0 aliphatic carbocycles. The van der Waals surface area contributed by atoms with Crippen LogP contribution in [0.2, 0.25) is 0 Å². The van der Waals surface area contributed by atoms with Crippen molar-refractivity contribution in [2.24, 2.45) is 0 Å². The van der Waals surface area contributed by atoms with Gasteiger partial charge in [0.05, 0.1) is 19.3 Å². The quantitative estimate of drug-likeness (QED) is 0.394. The molecule has 200 valence electrons. The molecule has 0 radical (unpaired) electrons. The van der Waals surface area contributed by atoms with Gasteiger partial charge < -0.3 is 35.3 Å². The normalized spacial score (nSPS) is 14.9. The number of nitrogens with zero attached hydrogens (tertiary/aromatic N) is 2. The van der Waals surface area contributed by atoms with Crippen LogP contribution in [0.1, 0.15) is 53.9 Å². The van der Waals surface area contributed by atoms with Gasteiger partial charge in [0.1, 0.15) is 0 Å². The van der Waals surface area contributed by atoms with Crippen LogP contribution in [-0.4, -0.2) is 70.5 Å². The lowest BCUT2D eigenvalue weighted by Gasteiger charge is -2.44. The van der Waals surface area contributed by atoms with Gasteiger partial charge >= 0.3 is 0 Å². The van der Waals surface area contributed by atoms with E-state index < -0.39 is 0 Å². The zero-order chi connectivity index (χ0) is 27.3. The number of anilines is 1. The minimum atomic E-state index is -0.306. The second-order valence-electron chi connectivity index (χ2n) is 10.0.